The van der Waals surface area contributed by atoms with Gasteiger partial charge in [-0.1, -0.05) is 41.1 Å². The van der Waals surface area contributed by atoms with Crippen LogP contribution in [-0.4, -0.2) is 68.9 Å². The molecule has 1 aliphatic rings. The molecule has 0 spiro atoms. The number of para-hydroxylation sites is 1. The van der Waals surface area contributed by atoms with Gasteiger partial charge in [-0.15, -0.1) is 12.4 Å². The number of nitrogens with zero attached hydrogens (tertiary/aromatic N) is 3. The maximum atomic E-state index is 13.5. The van der Waals surface area contributed by atoms with Gasteiger partial charge < -0.3 is 4.74 Å². The SMILES string of the molecule is CC(C)S(=O)(=O)c1ccc(CC(=O)N(CCCN2CCOCC2)c2nc3c(Cl)cccc3s2)cc1.Cl. The van der Waals surface area contributed by atoms with Gasteiger partial charge in [-0.3, -0.25) is 14.6 Å². The van der Waals surface area contributed by atoms with Crippen molar-refractivity contribution in [3.05, 3.63) is 53.1 Å². The number of sulfone groups is 1. The van der Waals surface area contributed by atoms with E-state index in [9.17, 15) is 13.2 Å². The Hall–Kier alpha value is -1.75. The second-order valence-electron chi connectivity index (χ2n) is 8.85. The zero-order valence-electron chi connectivity index (χ0n) is 20.4. The third kappa shape index (κ3) is 6.76. The Morgan fingerprint density at radius 3 is 2.50 bits per heavy atom. The van der Waals surface area contributed by atoms with E-state index in [-0.39, 0.29) is 29.6 Å². The van der Waals surface area contributed by atoms with Gasteiger partial charge in [-0.05, 0) is 50.1 Å². The lowest BCUT2D eigenvalue weighted by Gasteiger charge is -2.27. The van der Waals surface area contributed by atoms with Gasteiger partial charge in [0.15, 0.2) is 15.0 Å². The van der Waals surface area contributed by atoms with Crippen molar-refractivity contribution in [1.29, 1.82) is 0 Å². The lowest BCUT2D eigenvalue weighted by molar-refractivity contribution is -0.118. The molecule has 196 valence electrons. The lowest BCUT2D eigenvalue weighted by Crippen LogP contribution is -2.39. The first-order valence-corrected chi connectivity index (χ1v) is 14.5. The number of amides is 1. The number of aromatic nitrogens is 1. The minimum Gasteiger partial charge on any atom is -0.379 e. The minimum absolute atomic E-state index is 0. The number of benzene rings is 2. The monoisotopic (exact) mass is 571 g/mol. The number of fused-ring (bicyclic) bond motifs is 1. The average Bonchev–Trinajstić information content (AvgIpc) is 3.28. The Morgan fingerprint density at radius 1 is 1.17 bits per heavy atom. The number of carbonyl (C=O) groups excluding carboxylic acids is 1. The van der Waals surface area contributed by atoms with E-state index in [2.05, 4.69) is 9.88 Å². The molecular weight excluding hydrogens is 541 g/mol. The standard InChI is InChI=1S/C25H30ClN3O4S2.ClH/c1-18(2)35(31,32)20-9-7-19(8-10-20)17-23(30)29(12-4-11-28-13-15-33-16-14-28)25-27-24-21(26)5-3-6-22(24)34-25;/h3,5-10,18H,4,11-17H2,1-2H3;1H. The first-order valence-electron chi connectivity index (χ1n) is 11.7. The van der Waals surface area contributed by atoms with Gasteiger partial charge >= 0.3 is 0 Å². The maximum absolute atomic E-state index is 13.5. The molecule has 2 heterocycles. The molecule has 0 saturated carbocycles. The van der Waals surface area contributed by atoms with Crippen LogP contribution >= 0.6 is 35.3 Å². The van der Waals surface area contributed by atoms with Gasteiger partial charge in [0, 0.05) is 26.2 Å². The van der Waals surface area contributed by atoms with E-state index in [1.54, 1.807) is 49.1 Å². The number of hydrogen-bond donors (Lipinski definition) is 0. The molecule has 1 aromatic heterocycles. The first kappa shape index (κ1) is 28.8. The third-order valence-corrected chi connectivity index (χ3v) is 9.60. The van der Waals surface area contributed by atoms with Gasteiger partial charge in [0.1, 0.15) is 5.52 Å². The van der Waals surface area contributed by atoms with E-state index >= 15 is 0 Å². The van der Waals surface area contributed by atoms with Gasteiger partial charge in [0.2, 0.25) is 5.91 Å². The predicted molar refractivity (Wildman–Crippen MR) is 149 cm³/mol. The molecule has 7 nitrogen and oxygen atoms in total. The molecule has 0 unspecified atom stereocenters. The Kier molecular flexibility index (Phi) is 10.1. The van der Waals surface area contributed by atoms with E-state index in [1.165, 1.54) is 11.3 Å². The summed E-state index contributed by atoms with van der Waals surface area (Å²) in [5.41, 5.74) is 1.46. The fourth-order valence-electron chi connectivity index (χ4n) is 3.96. The van der Waals surface area contributed by atoms with Crippen LogP contribution in [0.5, 0.6) is 0 Å². The Balaban J connectivity index is 0.00000361. The van der Waals surface area contributed by atoms with Crippen LogP contribution in [0.25, 0.3) is 10.2 Å². The highest BCUT2D eigenvalue weighted by atomic mass is 35.5. The number of anilines is 1. The summed E-state index contributed by atoms with van der Waals surface area (Å²) >= 11 is 7.79. The first-order chi connectivity index (χ1) is 16.8. The van der Waals surface area contributed by atoms with Crippen LogP contribution in [-0.2, 0) is 25.8 Å². The molecule has 0 radical (unpaired) electrons. The fourth-order valence-corrected chi connectivity index (χ4v) is 6.33. The summed E-state index contributed by atoms with van der Waals surface area (Å²) in [5, 5.41) is 0.689. The summed E-state index contributed by atoms with van der Waals surface area (Å²) < 4.78 is 31.2. The number of ether oxygens (including phenoxy) is 1. The van der Waals surface area contributed by atoms with Crippen molar-refractivity contribution in [3.63, 3.8) is 0 Å². The van der Waals surface area contributed by atoms with Crippen LogP contribution in [0.1, 0.15) is 25.8 Å². The number of morpholine rings is 1. The number of carbonyl (C=O) groups is 1. The minimum atomic E-state index is -3.35. The number of thiazole rings is 1. The van der Waals surface area contributed by atoms with E-state index < -0.39 is 15.1 Å². The zero-order chi connectivity index (χ0) is 25.0. The van der Waals surface area contributed by atoms with Gasteiger partial charge in [-0.2, -0.15) is 0 Å². The molecule has 1 amide bonds. The van der Waals surface area contributed by atoms with Crippen molar-refractivity contribution in [2.75, 3.05) is 44.3 Å². The van der Waals surface area contributed by atoms with Crippen molar-refractivity contribution in [1.82, 2.24) is 9.88 Å². The molecule has 4 rings (SSSR count). The molecule has 1 fully saturated rings. The van der Waals surface area contributed by atoms with Gasteiger partial charge in [0.25, 0.3) is 0 Å². The second kappa shape index (κ2) is 12.7. The average molecular weight is 573 g/mol. The topological polar surface area (TPSA) is 79.8 Å². The number of rotatable bonds is 9. The molecule has 0 N–H and O–H groups in total. The molecular formula is C25H31Cl2N3O4S2. The normalized spacial score (nSPS) is 14.7. The predicted octanol–water partition coefficient (Wildman–Crippen LogP) is 4.85. The van der Waals surface area contributed by atoms with Crippen molar-refractivity contribution in [3.8, 4) is 0 Å². The molecule has 11 heteroatoms. The smallest absolute Gasteiger partial charge is 0.233 e. The van der Waals surface area contributed by atoms with Gasteiger partial charge in [0.05, 0.1) is 39.5 Å². The zero-order valence-corrected chi connectivity index (χ0v) is 23.6. The molecule has 3 aromatic rings. The number of hydrogen-bond acceptors (Lipinski definition) is 7. The van der Waals surface area contributed by atoms with E-state index in [0.717, 1.165) is 49.5 Å². The molecule has 0 bridgehead atoms. The van der Waals surface area contributed by atoms with Gasteiger partial charge in [-0.25, -0.2) is 13.4 Å². The van der Waals surface area contributed by atoms with Crippen LogP contribution in [0.2, 0.25) is 5.02 Å². The highest BCUT2D eigenvalue weighted by Gasteiger charge is 2.23. The molecule has 36 heavy (non-hydrogen) atoms. The fraction of sp³-hybridized carbons (Fsp3) is 0.440. The summed E-state index contributed by atoms with van der Waals surface area (Å²) in [5.74, 6) is -0.0818. The van der Waals surface area contributed by atoms with Crippen LogP contribution in [0, 0.1) is 0 Å². The van der Waals surface area contributed by atoms with E-state index in [4.69, 9.17) is 16.3 Å². The van der Waals surface area contributed by atoms with Crippen molar-refractivity contribution < 1.29 is 17.9 Å². The van der Waals surface area contributed by atoms with Crippen molar-refractivity contribution in [2.45, 2.75) is 36.8 Å². The van der Waals surface area contributed by atoms with Crippen LogP contribution in [0.4, 0.5) is 5.13 Å². The summed E-state index contributed by atoms with van der Waals surface area (Å²) in [4.78, 5) is 22.5. The largest absolute Gasteiger partial charge is 0.379 e. The summed E-state index contributed by atoms with van der Waals surface area (Å²) in [7, 11) is -3.35. The molecule has 2 aromatic carbocycles. The van der Waals surface area contributed by atoms with Crippen molar-refractivity contribution in [2.24, 2.45) is 0 Å². The summed E-state index contributed by atoms with van der Waals surface area (Å²) in [6.45, 7) is 8.00. The Bertz CT molecular complexity index is 1270. The van der Waals surface area contributed by atoms with Crippen LogP contribution < -0.4 is 4.90 Å². The summed E-state index contributed by atoms with van der Waals surface area (Å²) in [6, 6.07) is 12.2. The molecule has 1 saturated heterocycles. The quantitative estimate of drug-likeness (QED) is 0.365. The van der Waals surface area contributed by atoms with E-state index in [0.29, 0.717) is 22.2 Å². The Morgan fingerprint density at radius 2 is 1.86 bits per heavy atom. The highest BCUT2D eigenvalue weighted by molar-refractivity contribution is 7.92. The lowest BCUT2D eigenvalue weighted by atomic mass is 10.1. The van der Waals surface area contributed by atoms with Crippen molar-refractivity contribution >= 4 is 66.4 Å². The number of halogens is 2. The molecule has 1 aliphatic heterocycles. The molecule has 0 atom stereocenters. The highest BCUT2D eigenvalue weighted by Crippen LogP contribution is 2.33. The summed E-state index contributed by atoms with van der Waals surface area (Å²) in [6.07, 6.45) is 0.962. The molecule has 0 aliphatic carbocycles. The Labute approximate surface area is 227 Å². The van der Waals surface area contributed by atoms with E-state index in [1.807, 2.05) is 12.1 Å². The van der Waals surface area contributed by atoms with Crippen LogP contribution in [0.15, 0.2) is 47.4 Å². The maximum Gasteiger partial charge on any atom is 0.233 e. The second-order valence-corrected chi connectivity index (χ2v) is 12.8. The third-order valence-electron chi connectivity index (χ3n) is 6.08. The van der Waals surface area contributed by atoms with Crippen LogP contribution in [0.3, 0.4) is 0 Å².